The molecule has 0 saturated heterocycles. The number of hydrogen-bond donors (Lipinski definition) is 2. The van der Waals surface area contributed by atoms with Crippen LogP contribution in [0.5, 0.6) is 0 Å². The number of sulfonamides is 1. The summed E-state index contributed by atoms with van der Waals surface area (Å²) in [4.78, 5) is 0.162. The normalized spacial score (nSPS) is 15.6. The van der Waals surface area contributed by atoms with Gasteiger partial charge in [0.1, 0.15) is 0 Å². The number of nitrogen functional groups attached to an aromatic ring is 1. The van der Waals surface area contributed by atoms with Gasteiger partial charge in [-0.25, -0.2) is 13.1 Å². The largest absolute Gasteiger partial charge is 0.398 e. The summed E-state index contributed by atoms with van der Waals surface area (Å²) in [7, 11) is -3.52. The lowest BCUT2D eigenvalue weighted by atomic mass is 10.3. The average molecular weight is 349 g/mol. The Morgan fingerprint density at radius 2 is 2.16 bits per heavy atom. The van der Waals surface area contributed by atoms with Crippen molar-refractivity contribution in [1.29, 1.82) is 0 Å². The highest BCUT2D eigenvalue weighted by atomic mass is 79.9. The number of rotatable bonds is 7. The molecule has 2 rings (SSSR count). The first-order valence-corrected chi connectivity index (χ1v) is 8.39. The van der Waals surface area contributed by atoms with Gasteiger partial charge >= 0.3 is 0 Å². The van der Waals surface area contributed by atoms with Gasteiger partial charge in [-0.2, -0.15) is 0 Å². The Morgan fingerprint density at radius 3 is 2.79 bits per heavy atom. The van der Waals surface area contributed by atoms with Gasteiger partial charge < -0.3 is 10.5 Å². The number of halogens is 1. The van der Waals surface area contributed by atoms with Crippen LogP contribution in [0.1, 0.15) is 12.8 Å². The van der Waals surface area contributed by atoms with Crippen LogP contribution in [0.2, 0.25) is 0 Å². The lowest BCUT2D eigenvalue weighted by molar-refractivity contribution is 0.129. The van der Waals surface area contributed by atoms with E-state index in [1.54, 1.807) is 6.07 Å². The van der Waals surface area contributed by atoms with E-state index < -0.39 is 10.0 Å². The Bertz CT molecular complexity index is 544. The molecule has 0 radical (unpaired) electrons. The van der Waals surface area contributed by atoms with E-state index in [1.807, 2.05) is 0 Å². The maximum absolute atomic E-state index is 12.0. The number of ether oxygens (including phenoxy) is 1. The fourth-order valence-corrected chi connectivity index (χ4v) is 2.85. The molecule has 19 heavy (non-hydrogen) atoms. The highest BCUT2D eigenvalue weighted by molar-refractivity contribution is 9.10. The van der Waals surface area contributed by atoms with Crippen molar-refractivity contribution in [1.82, 2.24) is 4.72 Å². The number of nitrogens with one attached hydrogen (secondary N) is 1. The molecule has 0 aromatic heterocycles. The van der Waals surface area contributed by atoms with E-state index in [-0.39, 0.29) is 11.4 Å². The summed E-state index contributed by atoms with van der Waals surface area (Å²) in [5, 5.41) is 0. The van der Waals surface area contributed by atoms with Crippen molar-refractivity contribution in [3.8, 4) is 0 Å². The second-order valence-corrected chi connectivity index (χ2v) is 7.22. The molecule has 1 aromatic carbocycles. The predicted molar refractivity (Wildman–Crippen MR) is 77.3 cm³/mol. The zero-order chi connectivity index (χ0) is 13.9. The molecule has 0 aliphatic heterocycles. The Hall–Kier alpha value is -0.630. The topological polar surface area (TPSA) is 81.4 Å². The molecule has 1 aliphatic carbocycles. The highest BCUT2D eigenvalue weighted by Crippen LogP contribution is 2.28. The fourth-order valence-electron chi connectivity index (χ4n) is 1.56. The maximum Gasteiger partial charge on any atom is 0.240 e. The minimum atomic E-state index is -3.52. The maximum atomic E-state index is 12.0. The molecular weight excluding hydrogens is 332 g/mol. The lowest BCUT2D eigenvalue weighted by Crippen LogP contribution is -2.27. The molecule has 5 nitrogen and oxygen atoms in total. The smallest absolute Gasteiger partial charge is 0.240 e. The minimum Gasteiger partial charge on any atom is -0.398 e. The van der Waals surface area contributed by atoms with Gasteiger partial charge in [-0.15, -0.1) is 0 Å². The van der Waals surface area contributed by atoms with Gasteiger partial charge in [-0.05, 0) is 52.9 Å². The van der Waals surface area contributed by atoms with Crippen molar-refractivity contribution in [3.05, 3.63) is 22.7 Å². The van der Waals surface area contributed by atoms with Gasteiger partial charge in [-0.3, -0.25) is 0 Å². The molecule has 1 aliphatic rings. The molecule has 3 N–H and O–H groups in total. The molecule has 1 aromatic rings. The third-order valence-electron chi connectivity index (χ3n) is 2.87. The number of hydrogen-bond acceptors (Lipinski definition) is 4. The Balaban J connectivity index is 1.84. The molecule has 0 atom stereocenters. The summed E-state index contributed by atoms with van der Waals surface area (Å²) in [5.74, 6) is 0.683. The molecule has 106 valence electrons. The van der Waals surface area contributed by atoms with Crippen molar-refractivity contribution >= 4 is 31.6 Å². The van der Waals surface area contributed by atoms with E-state index in [9.17, 15) is 8.42 Å². The average Bonchev–Trinajstić information content (AvgIpc) is 3.16. The molecule has 7 heteroatoms. The SMILES string of the molecule is Nc1cc(S(=O)(=O)NCCOCC2CC2)ccc1Br. The van der Waals surface area contributed by atoms with E-state index >= 15 is 0 Å². The van der Waals surface area contributed by atoms with Crippen LogP contribution in [0.25, 0.3) is 0 Å². The van der Waals surface area contributed by atoms with Crippen LogP contribution in [-0.4, -0.2) is 28.2 Å². The van der Waals surface area contributed by atoms with Crippen molar-refractivity contribution in [2.45, 2.75) is 17.7 Å². The summed E-state index contributed by atoms with van der Waals surface area (Å²) >= 11 is 3.23. The van der Waals surface area contributed by atoms with E-state index in [4.69, 9.17) is 10.5 Å². The first-order chi connectivity index (χ1) is 8.99. The van der Waals surface area contributed by atoms with Crippen LogP contribution < -0.4 is 10.5 Å². The van der Waals surface area contributed by atoms with Gasteiger partial charge in [0.15, 0.2) is 0 Å². The zero-order valence-electron chi connectivity index (χ0n) is 10.4. The molecule has 0 bridgehead atoms. The number of anilines is 1. The Kier molecular flexibility index (Phi) is 4.83. The molecule has 1 fully saturated rings. The summed E-state index contributed by atoms with van der Waals surface area (Å²) in [5.41, 5.74) is 6.07. The minimum absolute atomic E-state index is 0.162. The fraction of sp³-hybridized carbons (Fsp3) is 0.500. The monoisotopic (exact) mass is 348 g/mol. The molecule has 1 saturated carbocycles. The quantitative estimate of drug-likeness (QED) is 0.580. The third-order valence-corrected chi connectivity index (χ3v) is 5.05. The highest BCUT2D eigenvalue weighted by Gasteiger charge is 2.21. The summed E-state index contributed by atoms with van der Waals surface area (Å²) in [6.07, 6.45) is 2.45. The molecule has 0 spiro atoms. The van der Waals surface area contributed by atoms with Crippen LogP contribution in [-0.2, 0) is 14.8 Å². The van der Waals surface area contributed by atoms with Crippen molar-refractivity contribution in [3.63, 3.8) is 0 Å². The zero-order valence-corrected chi connectivity index (χ0v) is 12.8. The van der Waals surface area contributed by atoms with Crippen molar-refractivity contribution < 1.29 is 13.2 Å². The second-order valence-electron chi connectivity index (χ2n) is 4.60. The van der Waals surface area contributed by atoms with Crippen molar-refractivity contribution in [2.75, 3.05) is 25.5 Å². The third kappa shape index (κ3) is 4.45. The lowest BCUT2D eigenvalue weighted by Gasteiger charge is -2.08. The molecule has 0 heterocycles. The first-order valence-electron chi connectivity index (χ1n) is 6.11. The standard InChI is InChI=1S/C12H17BrN2O3S/c13-11-4-3-10(7-12(11)14)19(16,17)15-5-6-18-8-9-1-2-9/h3-4,7,9,15H,1-2,5-6,8,14H2. The van der Waals surface area contributed by atoms with E-state index in [0.717, 1.165) is 6.61 Å². The summed E-state index contributed by atoms with van der Waals surface area (Å²) in [6.45, 7) is 1.39. The van der Waals surface area contributed by atoms with E-state index in [0.29, 0.717) is 22.7 Å². The predicted octanol–water partition coefficient (Wildman–Crippen LogP) is 1.74. The molecule has 0 unspecified atom stereocenters. The molecular formula is C12H17BrN2O3S. The van der Waals surface area contributed by atoms with Crippen LogP contribution >= 0.6 is 15.9 Å². The van der Waals surface area contributed by atoms with Crippen LogP contribution in [0.4, 0.5) is 5.69 Å². The number of benzene rings is 1. The van der Waals surface area contributed by atoms with Crippen molar-refractivity contribution in [2.24, 2.45) is 5.92 Å². The Morgan fingerprint density at radius 1 is 1.42 bits per heavy atom. The van der Waals surface area contributed by atoms with Gasteiger partial charge in [0.2, 0.25) is 10.0 Å². The summed E-state index contributed by atoms with van der Waals surface area (Å²) in [6, 6.07) is 4.55. The van der Waals surface area contributed by atoms with Gasteiger partial charge in [0.05, 0.1) is 11.5 Å². The van der Waals surface area contributed by atoms with Crippen LogP contribution in [0.15, 0.2) is 27.6 Å². The van der Waals surface area contributed by atoms with Gasteiger partial charge in [0.25, 0.3) is 0 Å². The van der Waals surface area contributed by atoms with E-state index in [1.165, 1.54) is 25.0 Å². The summed E-state index contributed by atoms with van der Waals surface area (Å²) < 4.78 is 32.5. The number of nitrogens with two attached hydrogens (primary N) is 1. The van der Waals surface area contributed by atoms with E-state index in [2.05, 4.69) is 20.7 Å². The van der Waals surface area contributed by atoms with Gasteiger partial charge in [-0.1, -0.05) is 0 Å². The van der Waals surface area contributed by atoms with Gasteiger partial charge in [0, 0.05) is 23.3 Å². The first kappa shape index (κ1) is 14.8. The van der Waals surface area contributed by atoms with Crippen LogP contribution in [0.3, 0.4) is 0 Å². The van der Waals surface area contributed by atoms with Crippen LogP contribution in [0, 0.1) is 5.92 Å². The second kappa shape index (κ2) is 6.21. The molecule has 0 amide bonds. The Labute approximate surface area is 121 Å².